The Bertz CT molecular complexity index is 444. The number of piperidine rings is 1. The first-order valence-electron chi connectivity index (χ1n) is 7.88. The van der Waals surface area contributed by atoms with Crippen molar-refractivity contribution in [1.29, 1.82) is 0 Å². The monoisotopic (exact) mass is 310 g/mol. The van der Waals surface area contributed by atoms with Gasteiger partial charge in [0.2, 0.25) is 0 Å². The number of likely N-dealkylation sites (tertiary alicyclic amines) is 1. The molecule has 0 aliphatic carbocycles. The molecule has 1 aromatic rings. The molecule has 0 radical (unpaired) electrons. The van der Waals surface area contributed by atoms with Crippen LogP contribution in [0.25, 0.3) is 0 Å². The first-order chi connectivity index (χ1) is 10.1. The van der Waals surface area contributed by atoms with Gasteiger partial charge < -0.3 is 10.0 Å². The Morgan fingerprint density at radius 2 is 2.05 bits per heavy atom. The number of aliphatic hydroxyl groups is 1. The minimum absolute atomic E-state index is 0.291. The van der Waals surface area contributed by atoms with Gasteiger partial charge in [-0.05, 0) is 63.5 Å². The van der Waals surface area contributed by atoms with E-state index in [0.717, 1.165) is 43.2 Å². The fraction of sp³-hybridized carbons (Fsp3) is 0.647. The van der Waals surface area contributed by atoms with Gasteiger partial charge >= 0.3 is 0 Å². The van der Waals surface area contributed by atoms with Crippen molar-refractivity contribution in [3.05, 3.63) is 34.3 Å². The van der Waals surface area contributed by atoms with E-state index in [1.807, 2.05) is 6.07 Å². The molecule has 3 nitrogen and oxygen atoms in total. The lowest BCUT2D eigenvalue weighted by Crippen LogP contribution is -2.43. The van der Waals surface area contributed by atoms with E-state index in [1.165, 1.54) is 18.4 Å². The molecule has 0 saturated carbocycles. The Kier molecular flexibility index (Phi) is 6.49. The fourth-order valence-corrected chi connectivity index (χ4v) is 3.20. The van der Waals surface area contributed by atoms with Crippen molar-refractivity contribution in [3.8, 4) is 0 Å². The van der Waals surface area contributed by atoms with Gasteiger partial charge in [-0.15, -0.1) is 0 Å². The van der Waals surface area contributed by atoms with Crippen LogP contribution in [0.2, 0.25) is 5.02 Å². The standard InChI is InChI=1S/C17H27ClN2O/c1-14-12-15(4-5-17(14)18)13-20-9-6-16(7-10-20)19(2)8-3-11-21/h4-5,12,16,21H,3,6-11,13H2,1-2H3. The lowest BCUT2D eigenvalue weighted by Gasteiger charge is -2.36. The van der Waals surface area contributed by atoms with E-state index < -0.39 is 0 Å². The normalized spacial score (nSPS) is 17.6. The number of aryl methyl sites for hydroxylation is 1. The van der Waals surface area contributed by atoms with Crippen molar-refractivity contribution >= 4 is 11.6 Å². The summed E-state index contributed by atoms with van der Waals surface area (Å²) < 4.78 is 0. The second-order valence-electron chi connectivity index (χ2n) is 6.15. The highest BCUT2D eigenvalue weighted by Crippen LogP contribution is 2.20. The SMILES string of the molecule is Cc1cc(CN2CCC(N(C)CCCO)CC2)ccc1Cl. The van der Waals surface area contributed by atoms with E-state index in [-0.39, 0.29) is 0 Å². The highest BCUT2D eigenvalue weighted by atomic mass is 35.5. The number of halogens is 1. The summed E-state index contributed by atoms with van der Waals surface area (Å²) in [7, 11) is 2.18. The largest absolute Gasteiger partial charge is 0.396 e. The fourth-order valence-electron chi connectivity index (χ4n) is 3.08. The lowest BCUT2D eigenvalue weighted by molar-refractivity contribution is 0.117. The smallest absolute Gasteiger partial charge is 0.0443 e. The molecular formula is C17H27ClN2O. The van der Waals surface area contributed by atoms with Gasteiger partial charge in [-0.25, -0.2) is 0 Å². The van der Waals surface area contributed by atoms with E-state index in [0.29, 0.717) is 12.6 Å². The molecule has 1 heterocycles. The first-order valence-corrected chi connectivity index (χ1v) is 8.26. The second-order valence-corrected chi connectivity index (χ2v) is 6.56. The van der Waals surface area contributed by atoms with Crippen molar-refractivity contribution in [2.45, 2.75) is 38.8 Å². The Balaban J connectivity index is 1.79. The van der Waals surface area contributed by atoms with Crippen LogP contribution in [-0.2, 0) is 6.54 Å². The summed E-state index contributed by atoms with van der Waals surface area (Å²) in [5, 5.41) is 9.77. The molecular weight excluding hydrogens is 284 g/mol. The maximum Gasteiger partial charge on any atom is 0.0443 e. The summed E-state index contributed by atoms with van der Waals surface area (Å²) in [4.78, 5) is 4.93. The summed E-state index contributed by atoms with van der Waals surface area (Å²) >= 11 is 6.08. The number of rotatable bonds is 6. The summed E-state index contributed by atoms with van der Waals surface area (Å²) in [6.45, 7) is 6.67. The van der Waals surface area contributed by atoms with E-state index in [4.69, 9.17) is 16.7 Å². The van der Waals surface area contributed by atoms with Crippen molar-refractivity contribution in [1.82, 2.24) is 9.80 Å². The van der Waals surface area contributed by atoms with Gasteiger partial charge in [-0.1, -0.05) is 23.7 Å². The topological polar surface area (TPSA) is 26.7 Å². The van der Waals surface area contributed by atoms with Gasteiger partial charge in [0.05, 0.1) is 0 Å². The second kappa shape index (κ2) is 8.14. The first kappa shape index (κ1) is 16.8. The lowest BCUT2D eigenvalue weighted by atomic mass is 10.0. The molecule has 0 spiro atoms. The zero-order chi connectivity index (χ0) is 15.2. The van der Waals surface area contributed by atoms with Crippen molar-refractivity contribution < 1.29 is 5.11 Å². The zero-order valence-corrected chi connectivity index (χ0v) is 13.9. The van der Waals surface area contributed by atoms with Crippen molar-refractivity contribution in [2.75, 3.05) is 33.3 Å². The van der Waals surface area contributed by atoms with Crippen molar-refractivity contribution in [2.24, 2.45) is 0 Å². The van der Waals surface area contributed by atoms with Crippen LogP contribution < -0.4 is 0 Å². The maximum atomic E-state index is 8.92. The highest BCUT2D eigenvalue weighted by molar-refractivity contribution is 6.31. The molecule has 1 N–H and O–H groups in total. The molecule has 118 valence electrons. The molecule has 21 heavy (non-hydrogen) atoms. The Hall–Kier alpha value is -0.610. The van der Waals surface area contributed by atoms with E-state index >= 15 is 0 Å². The van der Waals surface area contributed by atoms with E-state index in [2.05, 4.69) is 35.9 Å². The van der Waals surface area contributed by atoms with Crippen LogP contribution >= 0.6 is 11.6 Å². The van der Waals surface area contributed by atoms with Crippen LogP contribution in [0.1, 0.15) is 30.4 Å². The van der Waals surface area contributed by atoms with Gasteiger partial charge in [-0.2, -0.15) is 0 Å². The van der Waals surface area contributed by atoms with Crippen LogP contribution in [0, 0.1) is 6.92 Å². The molecule has 0 atom stereocenters. The molecule has 1 saturated heterocycles. The summed E-state index contributed by atoms with van der Waals surface area (Å²) in [6.07, 6.45) is 3.31. The predicted octanol–water partition coefficient (Wildman–Crippen LogP) is 2.93. The molecule has 4 heteroatoms. The van der Waals surface area contributed by atoms with Gasteiger partial charge in [0, 0.05) is 30.8 Å². The predicted molar refractivity (Wildman–Crippen MR) is 88.8 cm³/mol. The number of hydrogen-bond donors (Lipinski definition) is 1. The average Bonchev–Trinajstić information content (AvgIpc) is 2.49. The molecule has 0 unspecified atom stereocenters. The summed E-state index contributed by atoms with van der Waals surface area (Å²) in [5.41, 5.74) is 2.51. The molecule has 1 aliphatic rings. The molecule has 0 amide bonds. The van der Waals surface area contributed by atoms with Gasteiger partial charge in [0.1, 0.15) is 0 Å². The Labute approximate surface area is 133 Å². The minimum Gasteiger partial charge on any atom is -0.396 e. The van der Waals surface area contributed by atoms with Crippen LogP contribution in [-0.4, -0.2) is 54.2 Å². The third-order valence-corrected chi connectivity index (χ3v) is 4.90. The minimum atomic E-state index is 0.291. The molecule has 1 aliphatic heterocycles. The Morgan fingerprint density at radius 1 is 1.33 bits per heavy atom. The Morgan fingerprint density at radius 3 is 2.67 bits per heavy atom. The van der Waals surface area contributed by atoms with Crippen molar-refractivity contribution in [3.63, 3.8) is 0 Å². The molecule has 1 fully saturated rings. The molecule has 0 bridgehead atoms. The number of nitrogens with zero attached hydrogens (tertiary/aromatic N) is 2. The summed E-state index contributed by atoms with van der Waals surface area (Å²) in [6, 6.07) is 7.00. The molecule has 0 aromatic heterocycles. The van der Waals surface area contributed by atoms with Crippen LogP contribution in [0.4, 0.5) is 0 Å². The highest BCUT2D eigenvalue weighted by Gasteiger charge is 2.22. The quantitative estimate of drug-likeness (QED) is 0.875. The molecule has 2 rings (SSSR count). The third-order valence-electron chi connectivity index (χ3n) is 4.48. The van der Waals surface area contributed by atoms with E-state index in [1.54, 1.807) is 0 Å². The number of aliphatic hydroxyl groups excluding tert-OH is 1. The van der Waals surface area contributed by atoms with E-state index in [9.17, 15) is 0 Å². The zero-order valence-electron chi connectivity index (χ0n) is 13.2. The number of benzene rings is 1. The van der Waals surface area contributed by atoms with Gasteiger partial charge in [0.25, 0.3) is 0 Å². The maximum absolute atomic E-state index is 8.92. The van der Waals surface area contributed by atoms with Crippen LogP contribution in [0.15, 0.2) is 18.2 Å². The van der Waals surface area contributed by atoms with Gasteiger partial charge in [0.15, 0.2) is 0 Å². The third kappa shape index (κ3) is 4.96. The van der Waals surface area contributed by atoms with Crippen LogP contribution in [0.3, 0.4) is 0 Å². The number of hydrogen-bond acceptors (Lipinski definition) is 3. The molecule has 1 aromatic carbocycles. The average molecular weight is 311 g/mol. The summed E-state index contributed by atoms with van der Waals surface area (Å²) in [5.74, 6) is 0. The van der Waals surface area contributed by atoms with Crippen LogP contribution in [0.5, 0.6) is 0 Å². The van der Waals surface area contributed by atoms with Gasteiger partial charge in [-0.3, -0.25) is 4.90 Å².